The summed E-state index contributed by atoms with van der Waals surface area (Å²) in [6.45, 7) is 7.06. The Kier molecular flexibility index (Phi) is 6.57. The summed E-state index contributed by atoms with van der Waals surface area (Å²) >= 11 is 0. The molecule has 0 radical (unpaired) electrons. The molecule has 6 heteroatoms. The van der Waals surface area contributed by atoms with E-state index in [4.69, 9.17) is 9.84 Å². The number of nitrogens with one attached hydrogen (secondary N) is 2. The van der Waals surface area contributed by atoms with Crippen molar-refractivity contribution in [3.8, 4) is 0 Å². The third kappa shape index (κ3) is 9.62. The van der Waals surface area contributed by atoms with Gasteiger partial charge in [0.15, 0.2) is 0 Å². The van der Waals surface area contributed by atoms with Gasteiger partial charge in [0.1, 0.15) is 12.2 Å². The van der Waals surface area contributed by atoms with Crippen molar-refractivity contribution in [3.05, 3.63) is 0 Å². The molecule has 0 fully saturated rings. The molecule has 1 atom stereocenters. The molecule has 0 aromatic heterocycles. The van der Waals surface area contributed by atoms with Crippen LogP contribution < -0.4 is 10.6 Å². The van der Waals surface area contributed by atoms with Crippen LogP contribution in [0.15, 0.2) is 0 Å². The van der Waals surface area contributed by atoms with E-state index in [-0.39, 0.29) is 6.04 Å². The van der Waals surface area contributed by atoms with Gasteiger partial charge >= 0.3 is 6.09 Å². The van der Waals surface area contributed by atoms with Gasteiger partial charge < -0.3 is 20.5 Å². The summed E-state index contributed by atoms with van der Waals surface area (Å²) in [7, 11) is 0. The number of alkyl carbamates (subject to hydrolysis) is 1. The summed E-state index contributed by atoms with van der Waals surface area (Å²) in [5.41, 5.74) is -0.519. The van der Waals surface area contributed by atoms with Crippen molar-refractivity contribution in [1.82, 2.24) is 10.6 Å². The van der Waals surface area contributed by atoms with E-state index in [1.54, 1.807) is 20.8 Å². The van der Waals surface area contributed by atoms with Gasteiger partial charge in [-0.05, 0) is 34.1 Å². The first-order chi connectivity index (χ1) is 7.74. The Bertz CT molecular complexity index is 261. The van der Waals surface area contributed by atoms with E-state index in [1.807, 2.05) is 6.92 Å². The molecule has 0 bridgehead atoms. The van der Waals surface area contributed by atoms with Crippen LogP contribution in [0, 0.1) is 0 Å². The average molecular weight is 246 g/mol. The highest BCUT2D eigenvalue weighted by Crippen LogP contribution is 2.06. The molecule has 0 saturated carbocycles. The smallest absolute Gasteiger partial charge is 0.407 e. The van der Waals surface area contributed by atoms with Crippen LogP contribution in [0.5, 0.6) is 0 Å². The van der Waals surface area contributed by atoms with E-state index in [0.717, 1.165) is 0 Å². The van der Waals surface area contributed by atoms with Gasteiger partial charge in [-0.25, -0.2) is 4.79 Å². The number of amides is 2. The number of hydrogen-bond donors (Lipinski definition) is 3. The molecule has 0 heterocycles. The zero-order chi connectivity index (χ0) is 13.5. The third-order valence-electron chi connectivity index (χ3n) is 1.81. The fourth-order valence-electron chi connectivity index (χ4n) is 1.06. The molecule has 3 N–H and O–H groups in total. The molecule has 0 aliphatic heterocycles. The summed E-state index contributed by atoms with van der Waals surface area (Å²) in [6, 6.07) is -0.108. The third-order valence-corrected chi connectivity index (χ3v) is 1.81. The molecule has 17 heavy (non-hydrogen) atoms. The number of carbonyl (C=O) groups excluding carboxylic acids is 2. The van der Waals surface area contributed by atoms with Gasteiger partial charge in [-0.3, -0.25) is 4.79 Å². The van der Waals surface area contributed by atoms with Crippen LogP contribution >= 0.6 is 0 Å². The summed E-state index contributed by atoms with van der Waals surface area (Å²) in [4.78, 5) is 22.1. The van der Waals surface area contributed by atoms with Gasteiger partial charge in [0.25, 0.3) is 0 Å². The molecule has 0 rings (SSSR count). The maximum atomic E-state index is 11.4. The Hall–Kier alpha value is -1.30. The fraction of sp³-hybridized carbons (Fsp3) is 0.818. The molecule has 0 aliphatic rings. The van der Waals surface area contributed by atoms with Crippen molar-refractivity contribution in [2.24, 2.45) is 0 Å². The topological polar surface area (TPSA) is 87.7 Å². The number of ether oxygens (including phenoxy) is 1. The molecule has 2 amide bonds. The number of aliphatic hydroxyl groups is 1. The Morgan fingerprint density at radius 3 is 2.41 bits per heavy atom. The first kappa shape index (κ1) is 15.7. The second-order valence-corrected chi connectivity index (χ2v) is 4.84. The molecule has 0 aliphatic carbocycles. The SMILES string of the molecule is CC(CCNC(=O)CO)NC(=O)OC(C)(C)C. The van der Waals surface area contributed by atoms with Crippen LogP contribution in [0.25, 0.3) is 0 Å². The van der Waals surface area contributed by atoms with Crippen molar-refractivity contribution in [2.45, 2.75) is 45.8 Å². The molecule has 0 aromatic carbocycles. The standard InChI is InChI=1S/C11H22N2O4/c1-8(5-6-12-9(15)7-14)13-10(16)17-11(2,3)4/h8,14H,5-7H2,1-4H3,(H,12,15)(H,13,16). The van der Waals surface area contributed by atoms with Crippen molar-refractivity contribution >= 4 is 12.0 Å². The number of rotatable bonds is 5. The lowest BCUT2D eigenvalue weighted by molar-refractivity contribution is -0.123. The maximum Gasteiger partial charge on any atom is 0.407 e. The highest BCUT2D eigenvalue weighted by atomic mass is 16.6. The van der Waals surface area contributed by atoms with E-state index in [2.05, 4.69) is 10.6 Å². The van der Waals surface area contributed by atoms with Crippen molar-refractivity contribution in [3.63, 3.8) is 0 Å². The first-order valence-corrected chi connectivity index (χ1v) is 5.61. The van der Waals surface area contributed by atoms with E-state index < -0.39 is 24.2 Å². The van der Waals surface area contributed by atoms with E-state index in [9.17, 15) is 9.59 Å². The first-order valence-electron chi connectivity index (χ1n) is 5.61. The van der Waals surface area contributed by atoms with Crippen LogP contribution in [-0.2, 0) is 9.53 Å². The molecule has 6 nitrogen and oxygen atoms in total. The molecule has 100 valence electrons. The normalized spacial score (nSPS) is 12.8. The molecule has 0 spiro atoms. The summed E-state index contributed by atoms with van der Waals surface area (Å²) in [5.74, 6) is -0.422. The average Bonchev–Trinajstić information content (AvgIpc) is 2.13. The second-order valence-electron chi connectivity index (χ2n) is 4.84. The van der Waals surface area contributed by atoms with Crippen LogP contribution in [0.2, 0.25) is 0 Å². The van der Waals surface area contributed by atoms with E-state index in [1.165, 1.54) is 0 Å². The Morgan fingerprint density at radius 2 is 1.94 bits per heavy atom. The van der Waals surface area contributed by atoms with Crippen LogP contribution in [0.3, 0.4) is 0 Å². The molecule has 0 saturated heterocycles. The monoisotopic (exact) mass is 246 g/mol. The highest BCUT2D eigenvalue weighted by Gasteiger charge is 2.17. The van der Waals surface area contributed by atoms with Gasteiger partial charge in [-0.1, -0.05) is 0 Å². The summed E-state index contributed by atoms with van der Waals surface area (Å²) in [6.07, 6.45) is 0.101. The molecular weight excluding hydrogens is 224 g/mol. The zero-order valence-corrected chi connectivity index (χ0v) is 10.9. The van der Waals surface area contributed by atoms with Gasteiger partial charge in [0, 0.05) is 12.6 Å². The van der Waals surface area contributed by atoms with E-state index >= 15 is 0 Å². The van der Waals surface area contributed by atoms with Gasteiger partial charge in [0.2, 0.25) is 5.91 Å². The van der Waals surface area contributed by atoms with Crippen molar-refractivity contribution < 1.29 is 19.4 Å². The van der Waals surface area contributed by atoms with Crippen LogP contribution in [0.1, 0.15) is 34.1 Å². The minimum atomic E-state index is -0.520. The number of carbonyl (C=O) groups is 2. The lowest BCUT2D eigenvalue weighted by Crippen LogP contribution is -2.39. The largest absolute Gasteiger partial charge is 0.444 e. The van der Waals surface area contributed by atoms with Crippen molar-refractivity contribution in [2.75, 3.05) is 13.2 Å². The predicted molar refractivity (Wildman–Crippen MR) is 63.5 cm³/mol. The van der Waals surface area contributed by atoms with Gasteiger partial charge in [0.05, 0.1) is 0 Å². The summed E-state index contributed by atoms with van der Waals surface area (Å²) < 4.78 is 5.08. The molecule has 1 unspecified atom stereocenters. The minimum absolute atomic E-state index is 0.108. The minimum Gasteiger partial charge on any atom is -0.444 e. The zero-order valence-electron chi connectivity index (χ0n) is 10.9. The Morgan fingerprint density at radius 1 is 1.35 bits per heavy atom. The number of aliphatic hydroxyl groups excluding tert-OH is 1. The van der Waals surface area contributed by atoms with E-state index in [0.29, 0.717) is 13.0 Å². The summed E-state index contributed by atoms with van der Waals surface area (Å²) in [5, 5.41) is 13.6. The van der Waals surface area contributed by atoms with Gasteiger partial charge in [-0.2, -0.15) is 0 Å². The van der Waals surface area contributed by atoms with Crippen LogP contribution in [0.4, 0.5) is 4.79 Å². The van der Waals surface area contributed by atoms with Crippen molar-refractivity contribution in [1.29, 1.82) is 0 Å². The lowest BCUT2D eigenvalue weighted by atomic mass is 10.2. The molecular formula is C11H22N2O4. The Labute approximate surface area is 102 Å². The maximum absolute atomic E-state index is 11.4. The highest BCUT2D eigenvalue weighted by molar-refractivity contribution is 5.76. The number of hydrogen-bond acceptors (Lipinski definition) is 4. The Balaban J connectivity index is 3.75. The second kappa shape index (κ2) is 7.11. The predicted octanol–water partition coefficient (Wildman–Crippen LogP) is 0.398. The lowest BCUT2D eigenvalue weighted by Gasteiger charge is -2.22. The van der Waals surface area contributed by atoms with Gasteiger partial charge in [-0.15, -0.1) is 0 Å². The fourth-order valence-corrected chi connectivity index (χ4v) is 1.06. The van der Waals surface area contributed by atoms with Crippen LogP contribution in [-0.4, -0.2) is 41.9 Å². The quantitative estimate of drug-likeness (QED) is 0.655. The molecule has 0 aromatic rings.